The van der Waals surface area contributed by atoms with Gasteiger partial charge in [-0.05, 0) is 62.7 Å². The van der Waals surface area contributed by atoms with Crippen LogP contribution in [0.1, 0.15) is 46.7 Å². The molecule has 1 aromatic heterocycles. The van der Waals surface area contributed by atoms with Gasteiger partial charge in [-0.3, -0.25) is 24.5 Å². The van der Waals surface area contributed by atoms with E-state index in [1.54, 1.807) is 33.8 Å². The molecule has 1 aliphatic heterocycles. The molecule has 1 aliphatic rings. The Morgan fingerprint density at radius 3 is 2.21 bits per heavy atom. The van der Waals surface area contributed by atoms with E-state index in [2.05, 4.69) is 10.7 Å². The van der Waals surface area contributed by atoms with Crippen LogP contribution in [0.5, 0.6) is 0 Å². The smallest absolute Gasteiger partial charge is 0.270 e. The van der Waals surface area contributed by atoms with Crippen LogP contribution in [0.2, 0.25) is 0 Å². The number of hydrogen-bond donors (Lipinski definition) is 2. The number of aryl methyl sites for hydroxylation is 2. The van der Waals surface area contributed by atoms with E-state index >= 15 is 0 Å². The summed E-state index contributed by atoms with van der Waals surface area (Å²) < 4.78 is 1.73. The maximum atomic E-state index is 12.8. The molecule has 2 atom stereocenters. The van der Waals surface area contributed by atoms with Gasteiger partial charge in [-0.1, -0.05) is 30.3 Å². The lowest BCUT2D eigenvalue weighted by Gasteiger charge is -2.25. The minimum absolute atomic E-state index is 0.0193. The Morgan fingerprint density at radius 1 is 0.939 bits per heavy atom. The maximum Gasteiger partial charge on any atom is 0.270 e. The summed E-state index contributed by atoms with van der Waals surface area (Å²) in [4.78, 5) is 39.7. The van der Waals surface area contributed by atoms with E-state index in [0.29, 0.717) is 17.8 Å². The van der Waals surface area contributed by atoms with Gasteiger partial charge < -0.3 is 10.2 Å². The number of aromatic nitrogens is 1. The Balaban J connectivity index is 1.36. The second-order valence-electron chi connectivity index (χ2n) is 8.49. The van der Waals surface area contributed by atoms with E-state index in [1.807, 2.05) is 63.2 Å². The van der Waals surface area contributed by atoms with Gasteiger partial charge in [0.15, 0.2) is 0 Å². The molecule has 1 fully saturated rings. The summed E-state index contributed by atoms with van der Waals surface area (Å²) in [7, 11) is 0. The summed E-state index contributed by atoms with van der Waals surface area (Å²) in [5.41, 5.74) is 6.86. The average molecular weight is 445 g/mol. The average Bonchev–Trinajstić information content (AvgIpc) is 3.36. The second-order valence-corrected chi connectivity index (χ2v) is 8.49. The first-order valence-electron chi connectivity index (χ1n) is 11.0. The van der Waals surface area contributed by atoms with Crippen molar-refractivity contribution in [3.05, 3.63) is 89.2 Å². The summed E-state index contributed by atoms with van der Waals surface area (Å²) in [6.07, 6.45) is 0.194. The number of nitrogens with one attached hydrogen (secondary N) is 2. The molecule has 170 valence electrons. The lowest BCUT2D eigenvalue weighted by atomic mass is 10.1. The number of anilines is 1. The molecule has 7 nitrogen and oxygen atoms in total. The Morgan fingerprint density at radius 2 is 1.58 bits per heavy atom. The number of benzene rings is 2. The summed E-state index contributed by atoms with van der Waals surface area (Å²) >= 11 is 0. The van der Waals surface area contributed by atoms with Crippen molar-refractivity contribution in [1.82, 2.24) is 9.58 Å². The van der Waals surface area contributed by atoms with Gasteiger partial charge in [-0.15, -0.1) is 0 Å². The van der Waals surface area contributed by atoms with Crippen molar-refractivity contribution in [1.29, 1.82) is 0 Å². The van der Waals surface area contributed by atoms with E-state index in [1.165, 1.54) is 0 Å². The molecule has 0 spiro atoms. The Kier molecular flexibility index (Phi) is 6.31. The van der Waals surface area contributed by atoms with Gasteiger partial charge in [-0.2, -0.15) is 0 Å². The molecule has 2 heterocycles. The van der Waals surface area contributed by atoms with Crippen LogP contribution in [0.3, 0.4) is 0 Å². The molecule has 2 aromatic carbocycles. The zero-order chi connectivity index (χ0) is 23.5. The van der Waals surface area contributed by atoms with Gasteiger partial charge in [0.2, 0.25) is 11.8 Å². The highest BCUT2D eigenvalue weighted by atomic mass is 16.2. The molecule has 0 unspecified atom stereocenters. The van der Waals surface area contributed by atoms with E-state index in [0.717, 1.165) is 17.0 Å². The fraction of sp³-hybridized carbons (Fsp3) is 0.269. The Labute approximate surface area is 193 Å². The molecule has 4 rings (SSSR count). The maximum absolute atomic E-state index is 12.8. The van der Waals surface area contributed by atoms with Crippen molar-refractivity contribution in [2.24, 2.45) is 5.92 Å². The first-order chi connectivity index (χ1) is 15.8. The van der Waals surface area contributed by atoms with Crippen LogP contribution in [-0.4, -0.2) is 33.8 Å². The van der Waals surface area contributed by atoms with E-state index in [9.17, 15) is 14.4 Å². The van der Waals surface area contributed by atoms with Crippen LogP contribution in [0.4, 0.5) is 5.69 Å². The normalized spacial score (nSPS) is 16.5. The summed E-state index contributed by atoms with van der Waals surface area (Å²) in [6.45, 7) is 6.20. The van der Waals surface area contributed by atoms with Crippen molar-refractivity contribution < 1.29 is 14.4 Å². The molecular formula is C26H28N4O3. The first-order valence-corrected chi connectivity index (χ1v) is 11.0. The van der Waals surface area contributed by atoms with Crippen LogP contribution in [0, 0.1) is 19.8 Å². The number of amides is 3. The molecule has 33 heavy (non-hydrogen) atoms. The molecule has 3 amide bonds. The predicted molar refractivity (Wildman–Crippen MR) is 127 cm³/mol. The third-order valence-electron chi connectivity index (χ3n) is 6.18. The quantitative estimate of drug-likeness (QED) is 0.602. The van der Waals surface area contributed by atoms with Crippen molar-refractivity contribution in [2.45, 2.75) is 33.2 Å². The monoisotopic (exact) mass is 444 g/mol. The van der Waals surface area contributed by atoms with Crippen LogP contribution >= 0.6 is 0 Å². The molecule has 0 saturated carbocycles. The van der Waals surface area contributed by atoms with Crippen LogP contribution in [-0.2, 0) is 9.59 Å². The van der Waals surface area contributed by atoms with Crippen molar-refractivity contribution in [3.63, 3.8) is 0 Å². The topological polar surface area (TPSA) is 83.4 Å². The van der Waals surface area contributed by atoms with Crippen LogP contribution < -0.4 is 10.7 Å². The largest absolute Gasteiger partial charge is 0.335 e. The lowest BCUT2D eigenvalue weighted by molar-refractivity contribution is -0.129. The zero-order valence-electron chi connectivity index (χ0n) is 19.0. The molecule has 2 N–H and O–H groups in total. The minimum atomic E-state index is -0.411. The molecule has 0 bridgehead atoms. The molecule has 0 radical (unpaired) electrons. The third-order valence-corrected chi connectivity index (χ3v) is 6.18. The minimum Gasteiger partial charge on any atom is -0.335 e. The second kappa shape index (κ2) is 9.32. The number of carbonyl (C=O) groups excluding carboxylic acids is 3. The van der Waals surface area contributed by atoms with Crippen molar-refractivity contribution >= 4 is 23.4 Å². The standard InChI is InChI=1S/C26H28N4O3/c1-17-9-10-18(2)30(17)28-26(33)21-11-13-23(14-12-21)27-25(32)22-15-24(31)29(16-22)19(3)20-7-5-4-6-8-20/h4-14,19,22H,15-16H2,1-3H3,(H,27,32)(H,28,33)/t19-,22-/m0/s1. The highest BCUT2D eigenvalue weighted by molar-refractivity contribution is 6.01. The van der Waals surface area contributed by atoms with Crippen molar-refractivity contribution in [2.75, 3.05) is 17.3 Å². The highest BCUT2D eigenvalue weighted by Gasteiger charge is 2.37. The van der Waals surface area contributed by atoms with Gasteiger partial charge in [0.25, 0.3) is 5.91 Å². The van der Waals surface area contributed by atoms with Gasteiger partial charge in [-0.25, -0.2) is 0 Å². The molecule has 7 heteroatoms. The van der Waals surface area contributed by atoms with E-state index < -0.39 is 5.92 Å². The fourth-order valence-electron chi connectivity index (χ4n) is 4.15. The summed E-state index contributed by atoms with van der Waals surface area (Å²) in [5.74, 6) is -0.857. The molecule has 0 aliphatic carbocycles. The first kappa shape index (κ1) is 22.3. The van der Waals surface area contributed by atoms with E-state index in [4.69, 9.17) is 0 Å². The number of rotatable bonds is 6. The van der Waals surface area contributed by atoms with Crippen LogP contribution in [0.15, 0.2) is 66.7 Å². The van der Waals surface area contributed by atoms with E-state index in [-0.39, 0.29) is 30.2 Å². The number of carbonyl (C=O) groups is 3. The predicted octanol–water partition coefficient (Wildman–Crippen LogP) is 4.04. The molecule has 3 aromatic rings. The molecule has 1 saturated heterocycles. The highest BCUT2D eigenvalue weighted by Crippen LogP contribution is 2.29. The summed E-state index contributed by atoms with van der Waals surface area (Å²) in [5, 5.41) is 2.88. The summed E-state index contributed by atoms with van der Waals surface area (Å²) in [6, 6.07) is 20.3. The van der Waals surface area contributed by atoms with Crippen LogP contribution in [0.25, 0.3) is 0 Å². The Hall–Kier alpha value is -3.87. The number of hydrogen-bond acceptors (Lipinski definition) is 3. The third kappa shape index (κ3) is 4.82. The Bertz CT molecular complexity index is 1150. The number of likely N-dealkylation sites (tertiary alicyclic amines) is 1. The SMILES string of the molecule is Cc1ccc(C)n1NC(=O)c1ccc(NC(=O)[C@H]2CC(=O)N([C@@H](C)c3ccccc3)C2)cc1. The van der Waals surface area contributed by atoms with Gasteiger partial charge >= 0.3 is 0 Å². The van der Waals surface area contributed by atoms with Gasteiger partial charge in [0.05, 0.1) is 12.0 Å². The van der Waals surface area contributed by atoms with Gasteiger partial charge in [0.1, 0.15) is 0 Å². The fourth-order valence-corrected chi connectivity index (χ4v) is 4.15. The number of nitrogens with zero attached hydrogens (tertiary/aromatic N) is 2. The molecular weight excluding hydrogens is 416 g/mol. The van der Waals surface area contributed by atoms with Gasteiger partial charge in [0, 0.05) is 35.6 Å². The lowest BCUT2D eigenvalue weighted by Crippen LogP contribution is -2.30. The zero-order valence-corrected chi connectivity index (χ0v) is 19.0. The van der Waals surface area contributed by atoms with Crippen molar-refractivity contribution in [3.8, 4) is 0 Å².